The lowest BCUT2D eigenvalue weighted by Crippen LogP contribution is -2.29. The van der Waals surface area contributed by atoms with Gasteiger partial charge in [-0.25, -0.2) is 0 Å². The third-order valence-corrected chi connectivity index (χ3v) is 3.06. The zero-order valence-electron chi connectivity index (χ0n) is 12.8. The summed E-state index contributed by atoms with van der Waals surface area (Å²) in [6.07, 6.45) is -4.32. The van der Waals surface area contributed by atoms with E-state index in [2.05, 4.69) is 5.32 Å². The van der Waals surface area contributed by atoms with Gasteiger partial charge < -0.3 is 14.8 Å². The molecule has 1 rings (SSSR count). The second-order valence-corrected chi connectivity index (χ2v) is 4.94. The SMILES string of the molecule is CCNC(COCC(F)(F)F)c1c(C)cc(C)cc1OC. The van der Waals surface area contributed by atoms with Crippen LogP contribution in [0.4, 0.5) is 13.2 Å². The maximum absolute atomic E-state index is 12.2. The summed E-state index contributed by atoms with van der Waals surface area (Å²) in [6, 6.07) is 3.51. The molecular weight excluding hydrogens is 283 g/mol. The molecule has 0 aliphatic rings. The normalized spacial score (nSPS) is 13.3. The fourth-order valence-corrected chi connectivity index (χ4v) is 2.34. The van der Waals surface area contributed by atoms with Crippen molar-refractivity contribution in [2.24, 2.45) is 0 Å². The van der Waals surface area contributed by atoms with E-state index in [1.807, 2.05) is 32.9 Å². The van der Waals surface area contributed by atoms with Crippen LogP contribution in [0.2, 0.25) is 0 Å². The van der Waals surface area contributed by atoms with Gasteiger partial charge in [0, 0.05) is 5.56 Å². The van der Waals surface area contributed by atoms with Crippen molar-refractivity contribution in [3.63, 3.8) is 0 Å². The number of benzene rings is 1. The molecule has 0 saturated heterocycles. The summed E-state index contributed by atoms with van der Waals surface area (Å²) in [5.74, 6) is 0.661. The average molecular weight is 305 g/mol. The van der Waals surface area contributed by atoms with E-state index in [0.29, 0.717) is 12.3 Å². The fourth-order valence-electron chi connectivity index (χ4n) is 2.34. The van der Waals surface area contributed by atoms with Crippen LogP contribution < -0.4 is 10.1 Å². The molecule has 0 amide bonds. The fraction of sp³-hybridized carbons (Fsp3) is 0.600. The number of nitrogens with one attached hydrogen (secondary N) is 1. The van der Waals surface area contributed by atoms with Crippen LogP contribution in [-0.2, 0) is 4.74 Å². The van der Waals surface area contributed by atoms with Crippen molar-refractivity contribution in [2.75, 3.05) is 26.9 Å². The molecule has 0 bridgehead atoms. The first-order chi connectivity index (χ1) is 9.78. The predicted octanol–water partition coefficient (Wildman–Crippen LogP) is 3.54. The number of ether oxygens (including phenoxy) is 2. The topological polar surface area (TPSA) is 30.5 Å². The Morgan fingerprint density at radius 3 is 2.43 bits per heavy atom. The van der Waals surface area contributed by atoms with Crippen molar-refractivity contribution < 1.29 is 22.6 Å². The standard InChI is InChI=1S/C15H22F3NO2/c1-5-19-12(8-21-9-15(16,17)18)14-11(3)6-10(2)7-13(14)20-4/h6-7,12,19H,5,8-9H2,1-4H3. The molecule has 1 atom stereocenters. The molecule has 0 aliphatic heterocycles. The van der Waals surface area contributed by atoms with Gasteiger partial charge in [0.2, 0.25) is 0 Å². The summed E-state index contributed by atoms with van der Waals surface area (Å²) >= 11 is 0. The van der Waals surface area contributed by atoms with Crippen molar-refractivity contribution in [2.45, 2.75) is 33.0 Å². The van der Waals surface area contributed by atoms with E-state index in [-0.39, 0.29) is 12.6 Å². The molecule has 0 aromatic heterocycles. The molecule has 0 radical (unpaired) electrons. The Balaban J connectivity index is 2.94. The third-order valence-electron chi connectivity index (χ3n) is 3.06. The van der Waals surface area contributed by atoms with Crippen LogP contribution >= 0.6 is 0 Å². The minimum absolute atomic E-state index is 0.0619. The Bertz CT molecular complexity index is 461. The Morgan fingerprint density at radius 1 is 1.24 bits per heavy atom. The van der Waals surface area contributed by atoms with Gasteiger partial charge in [0.1, 0.15) is 12.4 Å². The molecule has 1 aromatic rings. The summed E-state index contributed by atoms with van der Waals surface area (Å²) in [6.45, 7) is 5.07. The third kappa shape index (κ3) is 5.55. The highest BCUT2D eigenvalue weighted by Gasteiger charge is 2.28. The first-order valence-electron chi connectivity index (χ1n) is 6.81. The van der Waals surface area contributed by atoms with Crippen LogP contribution in [0, 0.1) is 13.8 Å². The van der Waals surface area contributed by atoms with Crippen molar-refractivity contribution in [1.82, 2.24) is 5.32 Å². The van der Waals surface area contributed by atoms with E-state index in [1.54, 1.807) is 7.11 Å². The summed E-state index contributed by atoms with van der Waals surface area (Å²) < 4.78 is 46.8. The van der Waals surface area contributed by atoms with E-state index in [9.17, 15) is 13.2 Å². The number of halogens is 3. The molecule has 0 heterocycles. The largest absolute Gasteiger partial charge is 0.496 e. The monoisotopic (exact) mass is 305 g/mol. The predicted molar refractivity (Wildman–Crippen MR) is 75.8 cm³/mol. The highest BCUT2D eigenvalue weighted by Crippen LogP contribution is 2.30. The van der Waals surface area contributed by atoms with Crippen LogP contribution in [0.15, 0.2) is 12.1 Å². The summed E-state index contributed by atoms with van der Waals surface area (Å²) in [4.78, 5) is 0. The van der Waals surface area contributed by atoms with Gasteiger partial charge in [-0.05, 0) is 37.6 Å². The van der Waals surface area contributed by atoms with Crippen LogP contribution in [0.3, 0.4) is 0 Å². The minimum atomic E-state index is -4.32. The molecule has 0 spiro atoms. The highest BCUT2D eigenvalue weighted by molar-refractivity contribution is 5.45. The first-order valence-corrected chi connectivity index (χ1v) is 6.81. The van der Waals surface area contributed by atoms with Gasteiger partial charge in [0.05, 0.1) is 19.8 Å². The number of rotatable bonds is 7. The van der Waals surface area contributed by atoms with E-state index in [0.717, 1.165) is 16.7 Å². The van der Waals surface area contributed by atoms with Crippen molar-refractivity contribution >= 4 is 0 Å². The van der Waals surface area contributed by atoms with Gasteiger partial charge in [0.25, 0.3) is 0 Å². The maximum Gasteiger partial charge on any atom is 0.411 e. The molecular formula is C15H22F3NO2. The number of methoxy groups -OCH3 is 1. The molecule has 21 heavy (non-hydrogen) atoms. The number of hydrogen-bond donors (Lipinski definition) is 1. The molecule has 0 aliphatic carbocycles. The number of hydrogen-bond acceptors (Lipinski definition) is 3. The molecule has 1 unspecified atom stereocenters. The van der Waals surface area contributed by atoms with Gasteiger partial charge in [0.15, 0.2) is 0 Å². The van der Waals surface area contributed by atoms with Crippen molar-refractivity contribution in [3.05, 3.63) is 28.8 Å². The van der Waals surface area contributed by atoms with Crippen molar-refractivity contribution in [3.8, 4) is 5.75 Å². The summed E-state index contributed by atoms with van der Waals surface area (Å²) in [5, 5.41) is 3.15. The van der Waals surface area contributed by atoms with E-state index in [4.69, 9.17) is 9.47 Å². The maximum atomic E-state index is 12.2. The Morgan fingerprint density at radius 2 is 1.90 bits per heavy atom. The lowest BCUT2D eigenvalue weighted by Gasteiger charge is -2.23. The van der Waals surface area contributed by atoms with Crippen LogP contribution in [0.5, 0.6) is 5.75 Å². The van der Waals surface area contributed by atoms with E-state index >= 15 is 0 Å². The first kappa shape index (κ1) is 17.8. The van der Waals surface area contributed by atoms with Gasteiger partial charge in [-0.3, -0.25) is 0 Å². The van der Waals surface area contributed by atoms with Crippen LogP contribution in [0.1, 0.15) is 29.7 Å². The van der Waals surface area contributed by atoms with Gasteiger partial charge in [-0.1, -0.05) is 13.0 Å². The number of alkyl halides is 3. The Hall–Kier alpha value is -1.27. The van der Waals surface area contributed by atoms with E-state index < -0.39 is 12.8 Å². The molecule has 1 N–H and O–H groups in total. The number of aryl methyl sites for hydroxylation is 2. The molecule has 3 nitrogen and oxygen atoms in total. The highest BCUT2D eigenvalue weighted by atomic mass is 19.4. The summed E-state index contributed by atoms with van der Waals surface area (Å²) in [7, 11) is 1.55. The van der Waals surface area contributed by atoms with Crippen molar-refractivity contribution in [1.29, 1.82) is 0 Å². The Labute approximate surface area is 123 Å². The lowest BCUT2D eigenvalue weighted by atomic mass is 9.98. The minimum Gasteiger partial charge on any atom is -0.496 e. The molecule has 0 fully saturated rings. The lowest BCUT2D eigenvalue weighted by molar-refractivity contribution is -0.175. The summed E-state index contributed by atoms with van der Waals surface area (Å²) in [5.41, 5.74) is 2.85. The Kier molecular flexibility index (Phi) is 6.48. The second-order valence-electron chi connectivity index (χ2n) is 4.94. The van der Waals surface area contributed by atoms with Crippen LogP contribution in [-0.4, -0.2) is 33.0 Å². The molecule has 0 saturated carbocycles. The molecule has 1 aromatic carbocycles. The van der Waals surface area contributed by atoms with Gasteiger partial charge in [-0.2, -0.15) is 13.2 Å². The zero-order valence-corrected chi connectivity index (χ0v) is 12.8. The zero-order chi connectivity index (χ0) is 16.0. The number of likely N-dealkylation sites (N-methyl/N-ethyl adjacent to an activating group) is 1. The molecule has 120 valence electrons. The molecule has 6 heteroatoms. The second kappa shape index (κ2) is 7.66. The van der Waals surface area contributed by atoms with Gasteiger partial charge >= 0.3 is 6.18 Å². The van der Waals surface area contributed by atoms with Gasteiger partial charge in [-0.15, -0.1) is 0 Å². The van der Waals surface area contributed by atoms with Crippen LogP contribution in [0.25, 0.3) is 0 Å². The average Bonchev–Trinajstić information content (AvgIpc) is 2.35. The van der Waals surface area contributed by atoms with E-state index in [1.165, 1.54) is 0 Å². The smallest absolute Gasteiger partial charge is 0.411 e. The quantitative estimate of drug-likeness (QED) is 0.836.